The van der Waals surface area contributed by atoms with Crippen molar-refractivity contribution in [3.05, 3.63) is 100 Å². The maximum atomic E-state index is 13.0. The molecule has 0 aromatic heterocycles. The van der Waals surface area contributed by atoms with Gasteiger partial charge in [0.15, 0.2) is 17.7 Å². The first kappa shape index (κ1) is 23.9. The van der Waals surface area contributed by atoms with E-state index >= 15 is 0 Å². The molecule has 0 heterocycles. The van der Waals surface area contributed by atoms with Gasteiger partial charge in [0, 0.05) is 16.7 Å². The number of fused-ring (bicyclic) bond motifs is 2. The minimum absolute atomic E-state index is 0.0489. The Morgan fingerprint density at radius 3 is 2.09 bits per heavy atom. The van der Waals surface area contributed by atoms with Crippen molar-refractivity contribution in [1.82, 2.24) is 0 Å². The van der Waals surface area contributed by atoms with Crippen LogP contribution >= 0.6 is 0 Å². The highest BCUT2D eigenvalue weighted by atomic mass is 19.4. The van der Waals surface area contributed by atoms with Crippen molar-refractivity contribution in [2.24, 2.45) is 0 Å². The van der Waals surface area contributed by atoms with Crippen molar-refractivity contribution in [3.63, 3.8) is 0 Å². The fourth-order valence-corrected chi connectivity index (χ4v) is 3.75. The molecule has 0 spiro atoms. The van der Waals surface area contributed by atoms with Crippen molar-refractivity contribution >= 4 is 29.1 Å². The van der Waals surface area contributed by atoms with E-state index in [2.05, 4.69) is 5.32 Å². The lowest BCUT2D eigenvalue weighted by molar-refractivity contribution is -0.152. The molecule has 0 saturated carbocycles. The second-order valence-electron chi connectivity index (χ2n) is 7.92. The van der Waals surface area contributed by atoms with E-state index in [1.165, 1.54) is 31.2 Å². The van der Waals surface area contributed by atoms with Crippen LogP contribution in [0.3, 0.4) is 0 Å². The van der Waals surface area contributed by atoms with Gasteiger partial charge in [-0.25, -0.2) is 0 Å². The molecule has 6 nitrogen and oxygen atoms in total. The topological polar surface area (TPSA) is 89.5 Å². The first-order valence-electron chi connectivity index (χ1n) is 10.5. The third-order valence-corrected chi connectivity index (χ3v) is 5.52. The molecule has 1 aliphatic rings. The summed E-state index contributed by atoms with van der Waals surface area (Å²) in [5.74, 6) is -2.32. The fourth-order valence-electron chi connectivity index (χ4n) is 3.75. The molecule has 1 N–H and O–H groups in total. The van der Waals surface area contributed by atoms with Crippen molar-refractivity contribution < 1.29 is 37.1 Å². The van der Waals surface area contributed by atoms with Gasteiger partial charge in [-0.15, -0.1) is 0 Å². The van der Waals surface area contributed by atoms with Crippen molar-refractivity contribution in [1.29, 1.82) is 0 Å². The molecule has 4 rings (SSSR count). The smallest absolute Gasteiger partial charge is 0.416 e. The van der Waals surface area contributed by atoms with Crippen LogP contribution in [0.5, 0.6) is 0 Å². The van der Waals surface area contributed by atoms with Gasteiger partial charge in [0.2, 0.25) is 0 Å². The number of hydrogen-bond acceptors (Lipinski definition) is 5. The zero-order valence-corrected chi connectivity index (χ0v) is 18.3. The normalized spacial score (nSPS) is 13.5. The Morgan fingerprint density at radius 2 is 1.46 bits per heavy atom. The van der Waals surface area contributed by atoms with E-state index < -0.39 is 35.5 Å². The molecular formula is C26H18F3NO5. The molecule has 1 amide bonds. The number of alkyl halides is 3. The predicted octanol–water partition coefficient (Wildman–Crippen LogP) is 4.59. The van der Waals surface area contributed by atoms with Crippen LogP contribution in [0.2, 0.25) is 0 Å². The van der Waals surface area contributed by atoms with Gasteiger partial charge in [0.25, 0.3) is 5.91 Å². The molecule has 9 heteroatoms. The summed E-state index contributed by atoms with van der Waals surface area (Å²) in [7, 11) is 0. The third kappa shape index (κ3) is 4.84. The summed E-state index contributed by atoms with van der Waals surface area (Å²) in [6, 6.07) is 14.9. The molecule has 3 aromatic rings. The van der Waals surface area contributed by atoms with E-state index in [4.69, 9.17) is 4.74 Å². The van der Waals surface area contributed by atoms with Crippen LogP contribution in [0, 0.1) is 0 Å². The Morgan fingerprint density at radius 1 is 0.857 bits per heavy atom. The highest BCUT2D eigenvalue weighted by Gasteiger charge is 2.32. The molecule has 0 bridgehead atoms. The van der Waals surface area contributed by atoms with Crippen molar-refractivity contribution in [3.8, 4) is 0 Å². The molecule has 1 unspecified atom stereocenters. The lowest BCUT2D eigenvalue weighted by atomic mass is 9.83. The van der Waals surface area contributed by atoms with Crippen molar-refractivity contribution in [2.45, 2.75) is 25.6 Å². The van der Waals surface area contributed by atoms with Crippen LogP contribution < -0.4 is 5.32 Å². The van der Waals surface area contributed by atoms with Crippen LogP contribution in [0.15, 0.2) is 66.7 Å². The molecule has 3 aromatic carbocycles. The van der Waals surface area contributed by atoms with E-state index in [0.29, 0.717) is 0 Å². The Bertz CT molecular complexity index is 1350. The fraction of sp³-hybridized carbons (Fsp3) is 0.154. The van der Waals surface area contributed by atoms with Gasteiger partial charge in [0.05, 0.1) is 23.2 Å². The molecule has 1 aliphatic carbocycles. The number of anilines is 1. The Hall–Kier alpha value is -4.27. The summed E-state index contributed by atoms with van der Waals surface area (Å²) in [5.41, 5.74) is 0.249. The molecule has 0 fully saturated rings. The summed E-state index contributed by atoms with van der Waals surface area (Å²) in [5, 5.41) is 2.53. The number of carbonyl (C=O) groups is 4. The van der Waals surface area contributed by atoms with Gasteiger partial charge in [0.1, 0.15) is 0 Å². The molecule has 0 radical (unpaired) electrons. The zero-order chi connectivity index (χ0) is 25.3. The Balaban J connectivity index is 1.45. The highest BCUT2D eigenvalue weighted by molar-refractivity contribution is 6.30. The standard InChI is InChI=1S/C26H18F3NO5/c1-14(35-21(31)13-15-9-11-16(12-10-15)26(27,28)29)25(34)30-20-8-4-7-19-22(20)24(33)18-6-3-2-5-17(18)23(19)32/h2-12,14H,13H2,1H3,(H,30,34). The van der Waals surface area contributed by atoms with E-state index in [0.717, 1.165) is 24.3 Å². The summed E-state index contributed by atoms with van der Waals surface area (Å²) in [4.78, 5) is 50.7. The molecule has 35 heavy (non-hydrogen) atoms. The summed E-state index contributed by atoms with van der Waals surface area (Å²) in [6.07, 6.45) is -6.09. The molecule has 1 atom stereocenters. The number of halogens is 3. The van der Waals surface area contributed by atoms with E-state index in [-0.39, 0.29) is 45.7 Å². The average Bonchev–Trinajstić information content (AvgIpc) is 2.82. The van der Waals surface area contributed by atoms with E-state index in [1.54, 1.807) is 18.2 Å². The van der Waals surface area contributed by atoms with Gasteiger partial charge in [-0.3, -0.25) is 19.2 Å². The number of ketones is 2. The first-order valence-corrected chi connectivity index (χ1v) is 10.5. The summed E-state index contributed by atoms with van der Waals surface area (Å²) < 4.78 is 43.1. The minimum Gasteiger partial charge on any atom is -0.452 e. The highest BCUT2D eigenvalue weighted by Crippen LogP contribution is 2.32. The molecule has 0 saturated heterocycles. The Kier molecular flexibility index (Phi) is 6.26. The lowest BCUT2D eigenvalue weighted by Gasteiger charge is -2.21. The largest absolute Gasteiger partial charge is 0.452 e. The second kappa shape index (κ2) is 9.17. The van der Waals surface area contributed by atoms with Gasteiger partial charge < -0.3 is 10.1 Å². The summed E-state index contributed by atoms with van der Waals surface area (Å²) >= 11 is 0. The monoisotopic (exact) mass is 481 g/mol. The number of esters is 1. The lowest BCUT2D eigenvalue weighted by Crippen LogP contribution is -2.32. The Labute approximate surface area is 197 Å². The number of hydrogen-bond donors (Lipinski definition) is 1. The van der Waals surface area contributed by atoms with Crippen molar-refractivity contribution in [2.75, 3.05) is 5.32 Å². The number of rotatable bonds is 5. The number of carbonyl (C=O) groups excluding carboxylic acids is 4. The third-order valence-electron chi connectivity index (χ3n) is 5.52. The van der Waals surface area contributed by atoms with Crippen LogP contribution in [-0.2, 0) is 26.9 Å². The van der Waals surface area contributed by atoms with Gasteiger partial charge in [-0.1, -0.05) is 48.5 Å². The molecular weight excluding hydrogens is 463 g/mol. The van der Waals surface area contributed by atoms with Gasteiger partial charge in [-0.2, -0.15) is 13.2 Å². The first-order chi connectivity index (χ1) is 16.6. The van der Waals surface area contributed by atoms with E-state index in [1.807, 2.05) is 0 Å². The quantitative estimate of drug-likeness (QED) is 0.421. The number of amides is 1. The predicted molar refractivity (Wildman–Crippen MR) is 119 cm³/mol. The van der Waals surface area contributed by atoms with Crippen LogP contribution in [0.25, 0.3) is 0 Å². The summed E-state index contributed by atoms with van der Waals surface area (Å²) in [6.45, 7) is 1.32. The van der Waals surface area contributed by atoms with Crippen LogP contribution in [0.4, 0.5) is 18.9 Å². The average molecular weight is 481 g/mol. The SMILES string of the molecule is CC(OC(=O)Cc1ccc(C(F)(F)F)cc1)C(=O)Nc1cccc2c1C(=O)c1ccccc1C2=O. The zero-order valence-electron chi connectivity index (χ0n) is 18.3. The maximum absolute atomic E-state index is 13.0. The molecule has 178 valence electrons. The van der Waals surface area contributed by atoms with Crippen LogP contribution in [-0.4, -0.2) is 29.5 Å². The van der Waals surface area contributed by atoms with Gasteiger partial charge >= 0.3 is 12.1 Å². The van der Waals surface area contributed by atoms with Gasteiger partial charge in [-0.05, 0) is 30.7 Å². The maximum Gasteiger partial charge on any atom is 0.416 e. The minimum atomic E-state index is -4.49. The number of nitrogens with one attached hydrogen (secondary N) is 1. The second-order valence-corrected chi connectivity index (χ2v) is 7.92. The van der Waals surface area contributed by atoms with Crippen LogP contribution in [0.1, 0.15) is 49.9 Å². The number of benzene rings is 3. The molecule has 0 aliphatic heterocycles. The number of ether oxygens (including phenoxy) is 1. The van der Waals surface area contributed by atoms with E-state index in [9.17, 15) is 32.3 Å².